The molecule has 3 unspecified atom stereocenters. The van der Waals surface area contributed by atoms with E-state index in [1.807, 2.05) is 0 Å². The molecule has 0 saturated heterocycles. The molecule has 0 bridgehead atoms. The van der Waals surface area contributed by atoms with Gasteiger partial charge in [-0.15, -0.1) is 0 Å². The summed E-state index contributed by atoms with van der Waals surface area (Å²) in [6, 6.07) is 0. The van der Waals surface area contributed by atoms with E-state index in [4.69, 9.17) is 0 Å². The fraction of sp³-hybridized carbons (Fsp3) is 1.00. The Morgan fingerprint density at radius 3 is 0.821 bits per heavy atom. The van der Waals surface area contributed by atoms with E-state index < -0.39 is 24.1 Å². The summed E-state index contributed by atoms with van der Waals surface area (Å²) in [5, 5.41) is 0. The van der Waals surface area contributed by atoms with E-state index in [-0.39, 0.29) is 17.1 Å². The van der Waals surface area contributed by atoms with E-state index in [1.54, 1.807) is 0 Å². The molecule has 0 aliphatic carbocycles. The zero-order valence-corrected chi connectivity index (χ0v) is 22.0. The van der Waals surface area contributed by atoms with Gasteiger partial charge in [-0.25, -0.2) is 0 Å². The van der Waals surface area contributed by atoms with E-state index in [2.05, 4.69) is 20.8 Å². The smallest absolute Gasteiger partial charge is 0.802 e. The van der Waals surface area contributed by atoms with Crippen molar-refractivity contribution in [1.82, 2.24) is 0 Å². The van der Waals surface area contributed by atoms with Crippen LogP contribution in [0.5, 0.6) is 0 Å². The predicted octanol–water partition coefficient (Wildman–Crippen LogP) is 4.20. The van der Waals surface area contributed by atoms with Crippen LogP contribution in [0.1, 0.15) is 97.8 Å². The molecule has 3 atom stereocenters. The number of hydrogen-bond acceptors (Lipinski definition) is 6. The molecule has 0 amide bonds. The third kappa shape index (κ3) is 50.6. The maximum Gasteiger partial charge on any atom is 3.00 e. The molecule has 6 nitrogen and oxygen atoms in total. The van der Waals surface area contributed by atoms with Gasteiger partial charge in [-0.05, 0) is 37.7 Å². The fourth-order valence-electron chi connectivity index (χ4n) is 2.09. The summed E-state index contributed by atoms with van der Waals surface area (Å²) in [5.74, 6) is 0. The Bertz CT molecular complexity index is 308. The molecular formula is C18H42FeO6P3. The largest absolute Gasteiger partial charge is 3.00 e. The minimum atomic E-state index is -2.42. The van der Waals surface area contributed by atoms with Gasteiger partial charge in [-0.2, -0.15) is 0 Å². The Kier molecular flexibility index (Phi) is 42.6. The summed E-state index contributed by atoms with van der Waals surface area (Å²) in [6.45, 7) is 6.33. The fourth-order valence-corrected chi connectivity index (χ4v) is 3.70. The van der Waals surface area contributed by atoms with Crippen LogP contribution in [0.3, 0.4) is 0 Å². The van der Waals surface area contributed by atoms with Crippen LogP contribution in [-0.4, -0.2) is 18.5 Å². The minimum absolute atomic E-state index is 0. The number of unbranched alkanes of at least 4 members (excludes halogenated alkanes) is 9. The Labute approximate surface area is 185 Å². The van der Waals surface area contributed by atoms with Crippen molar-refractivity contribution < 1.29 is 45.4 Å². The van der Waals surface area contributed by atoms with Crippen LogP contribution in [0, 0.1) is 0 Å². The summed E-state index contributed by atoms with van der Waals surface area (Å²) >= 11 is 0. The number of hydrogen-bond donors (Lipinski definition) is 0. The molecule has 0 spiro atoms. The van der Waals surface area contributed by atoms with Crippen molar-refractivity contribution in [3.8, 4) is 0 Å². The SMILES string of the molecule is CCCCCC[PH](=O)[O-].CCCCCC[PH](=O)[O-].CCCCCC[PH](=O)[O-].[Fe+3]. The average molecular weight is 503 g/mol. The second-order valence-corrected chi connectivity index (χ2v) is 10.3. The Morgan fingerprint density at radius 1 is 0.464 bits per heavy atom. The standard InChI is InChI=1S/3C6H15O2P.Fe/c3*1-2-3-4-5-6-9(7)8;/h3*9H,2-6H2,1H3,(H,7,8);/q;;;+3/p-3. The normalized spacial score (nSPS) is 13.1. The van der Waals surface area contributed by atoms with E-state index in [0.29, 0.717) is 18.5 Å². The van der Waals surface area contributed by atoms with Crippen LogP contribution < -0.4 is 14.7 Å². The van der Waals surface area contributed by atoms with Gasteiger partial charge in [0.2, 0.25) is 0 Å². The first-order valence-electron chi connectivity index (χ1n) is 10.4. The quantitative estimate of drug-likeness (QED) is 0.188. The van der Waals surface area contributed by atoms with Crippen molar-refractivity contribution in [2.24, 2.45) is 0 Å². The third-order valence-electron chi connectivity index (χ3n) is 3.70. The summed E-state index contributed by atoms with van der Waals surface area (Å²) < 4.78 is 30.1. The zero-order chi connectivity index (χ0) is 21.3. The molecule has 0 rings (SSSR count). The molecule has 0 N–H and O–H groups in total. The van der Waals surface area contributed by atoms with Gasteiger partial charge in [-0.1, -0.05) is 78.6 Å². The summed E-state index contributed by atoms with van der Waals surface area (Å²) in [7, 11) is -7.25. The van der Waals surface area contributed by atoms with E-state index in [9.17, 15) is 28.4 Å². The Hall–Kier alpha value is 1.09. The molecule has 0 aromatic carbocycles. The molecule has 0 fully saturated rings. The molecule has 28 heavy (non-hydrogen) atoms. The molecular weight excluding hydrogens is 461 g/mol. The number of rotatable bonds is 15. The third-order valence-corrected chi connectivity index (χ3v) is 5.99. The van der Waals surface area contributed by atoms with Crippen LogP contribution in [0.25, 0.3) is 0 Å². The molecule has 0 aliphatic heterocycles. The van der Waals surface area contributed by atoms with Gasteiger partial charge in [-0.3, -0.25) is 0 Å². The van der Waals surface area contributed by atoms with Crippen molar-refractivity contribution in [3.63, 3.8) is 0 Å². The molecule has 1 radical (unpaired) electrons. The van der Waals surface area contributed by atoms with Gasteiger partial charge in [0.25, 0.3) is 0 Å². The van der Waals surface area contributed by atoms with Gasteiger partial charge < -0.3 is 28.4 Å². The average Bonchev–Trinajstić information content (AvgIpc) is 2.60. The minimum Gasteiger partial charge on any atom is -0.802 e. The van der Waals surface area contributed by atoms with Gasteiger partial charge in [0, 0.05) is 24.1 Å². The van der Waals surface area contributed by atoms with Gasteiger partial charge in [0.05, 0.1) is 0 Å². The Balaban J connectivity index is -0.000000152. The molecule has 0 aliphatic rings. The van der Waals surface area contributed by atoms with E-state index in [0.717, 1.165) is 57.8 Å². The van der Waals surface area contributed by atoms with Crippen molar-refractivity contribution >= 4 is 24.1 Å². The van der Waals surface area contributed by atoms with E-state index in [1.165, 1.54) is 19.3 Å². The first-order valence-corrected chi connectivity index (χ1v) is 15.0. The van der Waals surface area contributed by atoms with Crippen LogP contribution in [0.15, 0.2) is 0 Å². The van der Waals surface area contributed by atoms with Crippen LogP contribution >= 0.6 is 24.1 Å². The summed E-state index contributed by atoms with van der Waals surface area (Å²) in [5.41, 5.74) is 0. The molecule has 0 aromatic rings. The van der Waals surface area contributed by atoms with Crippen molar-refractivity contribution in [1.29, 1.82) is 0 Å². The molecule has 0 saturated carbocycles. The van der Waals surface area contributed by atoms with Gasteiger partial charge in [0.15, 0.2) is 0 Å². The van der Waals surface area contributed by atoms with E-state index >= 15 is 0 Å². The second-order valence-electron chi connectivity index (χ2n) is 6.55. The first-order chi connectivity index (χ1) is 12.8. The first kappa shape index (κ1) is 36.5. The second kappa shape index (κ2) is 32.7. The molecule has 10 heteroatoms. The Morgan fingerprint density at radius 2 is 0.679 bits per heavy atom. The zero-order valence-electron chi connectivity index (χ0n) is 17.9. The van der Waals surface area contributed by atoms with Gasteiger partial charge in [0.1, 0.15) is 0 Å². The van der Waals surface area contributed by atoms with Crippen molar-refractivity contribution in [2.45, 2.75) is 97.8 Å². The van der Waals surface area contributed by atoms with Crippen molar-refractivity contribution in [2.75, 3.05) is 18.5 Å². The summed E-state index contributed by atoms with van der Waals surface area (Å²) in [6.07, 6.45) is 14.0. The molecule has 0 aromatic heterocycles. The molecule has 173 valence electrons. The van der Waals surface area contributed by atoms with Crippen LogP contribution in [-0.2, 0) is 30.8 Å². The topological polar surface area (TPSA) is 120 Å². The molecule has 0 heterocycles. The predicted molar refractivity (Wildman–Crippen MR) is 114 cm³/mol. The summed E-state index contributed by atoms with van der Waals surface area (Å²) in [4.78, 5) is 30.1. The van der Waals surface area contributed by atoms with Crippen LogP contribution in [0.2, 0.25) is 0 Å². The van der Waals surface area contributed by atoms with Gasteiger partial charge >= 0.3 is 17.1 Å². The maximum absolute atomic E-state index is 10.0. The monoisotopic (exact) mass is 503 g/mol. The van der Waals surface area contributed by atoms with Crippen LogP contribution in [0.4, 0.5) is 0 Å². The van der Waals surface area contributed by atoms with Crippen molar-refractivity contribution in [3.05, 3.63) is 0 Å². The maximum atomic E-state index is 10.0.